The summed E-state index contributed by atoms with van der Waals surface area (Å²) in [6.45, 7) is 5.53. The van der Waals surface area contributed by atoms with Crippen LogP contribution in [0.5, 0.6) is 0 Å². The Morgan fingerprint density at radius 3 is 2.80 bits per heavy atom. The summed E-state index contributed by atoms with van der Waals surface area (Å²) >= 11 is 1.33. The largest absolute Gasteiger partial charge is 0.459 e. The second-order valence-electron chi connectivity index (χ2n) is 5.33. The lowest BCUT2D eigenvalue weighted by Crippen LogP contribution is -2.24. The lowest BCUT2D eigenvalue weighted by molar-refractivity contribution is -0.151. The standard InChI is InChI=1S/C14H17N3O2S/c1-14(2,3)19-12(18)7-20-13-10-6-9(15)4-5-11(10)16-8-17-13/h4-6,8H,7,15H2,1-3H3. The Kier molecular flexibility index (Phi) is 4.13. The molecule has 0 saturated carbocycles. The molecule has 1 aromatic carbocycles. The lowest BCUT2D eigenvalue weighted by Gasteiger charge is -2.19. The molecule has 0 aliphatic carbocycles. The number of esters is 1. The van der Waals surface area contributed by atoms with Crippen molar-refractivity contribution in [2.45, 2.75) is 31.4 Å². The number of nitrogen functional groups attached to an aromatic ring is 1. The molecule has 0 atom stereocenters. The van der Waals surface area contributed by atoms with Crippen LogP contribution in [-0.2, 0) is 9.53 Å². The third kappa shape index (κ3) is 3.84. The van der Waals surface area contributed by atoms with Crippen molar-refractivity contribution >= 4 is 34.3 Å². The molecule has 0 amide bonds. The summed E-state index contributed by atoms with van der Waals surface area (Å²) < 4.78 is 5.27. The third-order valence-corrected chi connectivity index (χ3v) is 3.35. The molecule has 0 saturated heterocycles. The number of hydrogen-bond donors (Lipinski definition) is 1. The van der Waals surface area contributed by atoms with E-state index in [2.05, 4.69) is 9.97 Å². The molecule has 0 spiro atoms. The summed E-state index contributed by atoms with van der Waals surface area (Å²) in [7, 11) is 0. The van der Waals surface area contributed by atoms with Crippen LogP contribution in [0.4, 0.5) is 5.69 Å². The van der Waals surface area contributed by atoms with E-state index in [-0.39, 0.29) is 11.7 Å². The van der Waals surface area contributed by atoms with Gasteiger partial charge in [-0.3, -0.25) is 4.79 Å². The second kappa shape index (κ2) is 5.66. The number of thioether (sulfide) groups is 1. The van der Waals surface area contributed by atoms with Gasteiger partial charge in [0.1, 0.15) is 17.0 Å². The van der Waals surface area contributed by atoms with Crippen molar-refractivity contribution in [3.63, 3.8) is 0 Å². The number of hydrogen-bond acceptors (Lipinski definition) is 6. The van der Waals surface area contributed by atoms with Crippen molar-refractivity contribution in [3.05, 3.63) is 24.5 Å². The van der Waals surface area contributed by atoms with Gasteiger partial charge in [0.15, 0.2) is 0 Å². The number of nitrogens with zero attached hydrogens (tertiary/aromatic N) is 2. The van der Waals surface area contributed by atoms with Crippen molar-refractivity contribution in [1.29, 1.82) is 0 Å². The fourth-order valence-corrected chi connectivity index (χ4v) is 2.42. The second-order valence-corrected chi connectivity index (χ2v) is 6.29. The van der Waals surface area contributed by atoms with Gasteiger partial charge in [-0.2, -0.15) is 0 Å². The zero-order valence-corrected chi connectivity index (χ0v) is 12.5. The van der Waals surface area contributed by atoms with Crippen LogP contribution in [0.15, 0.2) is 29.6 Å². The van der Waals surface area contributed by atoms with E-state index in [0.29, 0.717) is 5.69 Å². The van der Waals surface area contributed by atoms with E-state index in [1.807, 2.05) is 32.9 Å². The maximum Gasteiger partial charge on any atom is 0.316 e. The molecule has 20 heavy (non-hydrogen) atoms. The Morgan fingerprint density at radius 1 is 1.35 bits per heavy atom. The van der Waals surface area contributed by atoms with Gasteiger partial charge in [-0.05, 0) is 39.0 Å². The summed E-state index contributed by atoms with van der Waals surface area (Å²) in [5, 5.41) is 1.58. The number of fused-ring (bicyclic) bond motifs is 1. The Hall–Kier alpha value is -1.82. The molecule has 1 aromatic heterocycles. The van der Waals surface area contributed by atoms with Gasteiger partial charge < -0.3 is 10.5 Å². The Morgan fingerprint density at radius 2 is 2.10 bits per heavy atom. The van der Waals surface area contributed by atoms with Gasteiger partial charge in [-0.15, -0.1) is 0 Å². The lowest BCUT2D eigenvalue weighted by atomic mass is 10.2. The number of ether oxygens (including phenoxy) is 1. The zero-order chi connectivity index (χ0) is 14.8. The highest BCUT2D eigenvalue weighted by Crippen LogP contribution is 2.26. The number of aromatic nitrogens is 2. The number of anilines is 1. The first kappa shape index (κ1) is 14.6. The molecule has 2 aromatic rings. The molecule has 0 radical (unpaired) electrons. The predicted octanol–water partition coefficient (Wildman–Crippen LogP) is 2.65. The van der Waals surface area contributed by atoms with Crippen LogP contribution < -0.4 is 5.73 Å². The molecule has 106 valence electrons. The first-order valence-electron chi connectivity index (χ1n) is 6.20. The van der Waals surface area contributed by atoms with E-state index in [1.165, 1.54) is 18.1 Å². The maximum atomic E-state index is 11.7. The van der Waals surface area contributed by atoms with Crippen molar-refractivity contribution in [3.8, 4) is 0 Å². The quantitative estimate of drug-likeness (QED) is 0.405. The smallest absolute Gasteiger partial charge is 0.316 e. The van der Waals surface area contributed by atoms with Crippen molar-refractivity contribution in [2.24, 2.45) is 0 Å². The number of carbonyl (C=O) groups excluding carboxylic acids is 1. The van der Waals surface area contributed by atoms with Crippen LogP contribution in [0, 0.1) is 0 Å². The van der Waals surface area contributed by atoms with Crippen molar-refractivity contribution in [1.82, 2.24) is 9.97 Å². The van der Waals surface area contributed by atoms with Gasteiger partial charge in [-0.25, -0.2) is 9.97 Å². The Labute approximate surface area is 121 Å². The highest BCUT2D eigenvalue weighted by molar-refractivity contribution is 8.00. The van der Waals surface area contributed by atoms with Crippen LogP contribution in [0.25, 0.3) is 10.9 Å². The summed E-state index contributed by atoms with van der Waals surface area (Å²) in [4.78, 5) is 20.1. The molecule has 0 fully saturated rings. The van der Waals surface area contributed by atoms with E-state index in [0.717, 1.165) is 15.9 Å². The van der Waals surface area contributed by atoms with Gasteiger partial charge in [-0.1, -0.05) is 11.8 Å². The molecule has 0 bridgehead atoms. The van der Waals surface area contributed by atoms with Crippen LogP contribution >= 0.6 is 11.8 Å². The Balaban J connectivity index is 2.14. The highest BCUT2D eigenvalue weighted by Gasteiger charge is 2.17. The summed E-state index contributed by atoms with van der Waals surface area (Å²) in [5.41, 5.74) is 6.75. The highest BCUT2D eigenvalue weighted by atomic mass is 32.2. The minimum atomic E-state index is -0.476. The van der Waals surface area contributed by atoms with E-state index >= 15 is 0 Å². The van der Waals surface area contributed by atoms with E-state index < -0.39 is 5.60 Å². The molecule has 0 aliphatic rings. The predicted molar refractivity (Wildman–Crippen MR) is 80.5 cm³/mol. The normalized spacial score (nSPS) is 11.6. The van der Waals surface area contributed by atoms with Gasteiger partial charge >= 0.3 is 5.97 Å². The third-order valence-electron chi connectivity index (χ3n) is 2.37. The molecule has 0 aliphatic heterocycles. The van der Waals surface area contributed by atoms with E-state index in [1.54, 1.807) is 6.07 Å². The van der Waals surface area contributed by atoms with Crippen molar-refractivity contribution < 1.29 is 9.53 Å². The average molecular weight is 291 g/mol. The van der Waals surface area contributed by atoms with Crippen LogP contribution in [-0.4, -0.2) is 27.3 Å². The minimum absolute atomic E-state index is 0.207. The average Bonchev–Trinajstić information content (AvgIpc) is 2.34. The van der Waals surface area contributed by atoms with Crippen LogP contribution in [0.1, 0.15) is 20.8 Å². The van der Waals surface area contributed by atoms with Gasteiger partial charge in [0.25, 0.3) is 0 Å². The monoisotopic (exact) mass is 291 g/mol. The molecule has 6 heteroatoms. The van der Waals surface area contributed by atoms with Crippen LogP contribution in [0.3, 0.4) is 0 Å². The molecule has 2 rings (SSSR count). The molecule has 0 unspecified atom stereocenters. The van der Waals surface area contributed by atoms with Gasteiger partial charge in [0, 0.05) is 11.1 Å². The molecule has 1 heterocycles. The molecule has 5 nitrogen and oxygen atoms in total. The van der Waals surface area contributed by atoms with E-state index in [9.17, 15) is 4.79 Å². The van der Waals surface area contributed by atoms with Crippen LogP contribution in [0.2, 0.25) is 0 Å². The topological polar surface area (TPSA) is 78.1 Å². The first-order valence-corrected chi connectivity index (χ1v) is 7.18. The maximum absolute atomic E-state index is 11.7. The fraction of sp³-hybridized carbons (Fsp3) is 0.357. The number of carbonyl (C=O) groups is 1. The SMILES string of the molecule is CC(C)(C)OC(=O)CSc1ncnc2ccc(N)cc12. The number of rotatable bonds is 3. The van der Waals surface area contributed by atoms with Gasteiger partial charge in [0.05, 0.1) is 11.3 Å². The first-order chi connectivity index (χ1) is 9.35. The Bertz CT molecular complexity index is 638. The van der Waals surface area contributed by atoms with Crippen molar-refractivity contribution in [2.75, 3.05) is 11.5 Å². The number of benzene rings is 1. The fourth-order valence-electron chi connectivity index (χ4n) is 1.66. The molecule has 2 N–H and O–H groups in total. The number of nitrogens with two attached hydrogens (primary N) is 1. The minimum Gasteiger partial charge on any atom is -0.459 e. The summed E-state index contributed by atoms with van der Waals surface area (Å²) in [5.74, 6) is -0.0591. The van der Waals surface area contributed by atoms with Gasteiger partial charge in [0.2, 0.25) is 0 Å². The molecular formula is C14H17N3O2S. The summed E-state index contributed by atoms with van der Waals surface area (Å²) in [6, 6.07) is 5.44. The van der Waals surface area contributed by atoms with E-state index in [4.69, 9.17) is 10.5 Å². The molecular weight excluding hydrogens is 274 g/mol. The zero-order valence-electron chi connectivity index (χ0n) is 11.7. The summed E-state index contributed by atoms with van der Waals surface area (Å²) in [6.07, 6.45) is 1.48.